The van der Waals surface area contributed by atoms with Crippen molar-refractivity contribution in [2.45, 2.75) is 37.8 Å². The van der Waals surface area contributed by atoms with Crippen LogP contribution in [0, 0.1) is 5.82 Å². The van der Waals surface area contributed by atoms with Gasteiger partial charge in [-0.2, -0.15) is 0 Å². The molecule has 2 unspecified atom stereocenters. The van der Waals surface area contributed by atoms with Gasteiger partial charge in [-0.25, -0.2) is 4.39 Å². The molecular weight excluding hydrogens is 385 g/mol. The van der Waals surface area contributed by atoms with Gasteiger partial charge in [0.1, 0.15) is 11.9 Å². The van der Waals surface area contributed by atoms with Crippen molar-refractivity contribution in [1.29, 1.82) is 0 Å². The van der Waals surface area contributed by atoms with Crippen LogP contribution >= 0.6 is 0 Å². The molecule has 2 aliphatic heterocycles. The van der Waals surface area contributed by atoms with Crippen LogP contribution in [0.4, 0.5) is 4.39 Å². The smallest absolute Gasteiger partial charge is 0.265 e. The molecule has 0 aliphatic carbocycles. The Balaban J connectivity index is 1.43. The van der Waals surface area contributed by atoms with E-state index in [0.29, 0.717) is 30.8 Å². The Labute approximate surface area is 174 Å². The Kier molecular flexibility index (Phi) is 6.07. The van der Waals surface area contributed by atoms with Gasteiger partial charge in [0, 0.05) is 31.5 Å². The van der Waals surface area contributed by atoms with E-state index < -0.39 is 18.1 Å². The standard InChI is InChI=1S/C23H24FN3O3/c24-18-10-6-9-17(14-18)19-15-21(30-26-19)22(28)25-20(13-16-7-2-1-3-8-16)23(29)27-11-4-5-12-27/h1-3,6-10,14,20-21H,4-5,11-13,15H2,(H,25,28). The van der Waals surface area contributed by atoms with Crippen molar-refractivity contribution in [1.82, 2.24) is 10.2 Å². The Bertz CT molecular complexity index is 942. The van der Waals surface area contributed by atoms with Gasteiger partial charge in [-0.1, -0.05) is 47.6 Å². The number of carbonyl (C=O) groups excluding carboxylic acids is 2. The quantitative estimate of drug-likeness (QED) is 0.798. The van der Waals surface area contributed by atoms with Crippen molar-refractivity contribution in [3.63, 3.8) is 0 Å². The van der Waals surface area contributed by atoms with E-state index in [0.717, 1.165) is 18.4 Å². The molecule has 2 aromatic carbocycles. The highest BCUT2D eigenvalue weighted by Crippen LogP contribution is 2.19. The number of hydrogen-bond acceptors (Lipinski definition) is 4. The van der Waals surface area contributed by atoms with Gasteiger partial charge < -0.3 is 15.1 Å². The highest BCUT2D eigenvalue weighted by Gasteiger charge is 2.34. The van der Waals surface area contributed by atoms with E-state index in [1.54, 1.807) is 17.0 Å². The molecule has 2 aromatic rings. The number of benzene rings is 2. The van der Waals surface area contributed by atoms with Crippen LogP contribution in [0.3, 0.4) is 0 Å². The first-order valence-corrected chi connectivity index (χ1v) is 10.2. The zero-order valence-corrected chi connectivity index (χ0v) is 16.6. The average Bonchev–Trinajstić information content (AvgIpc) is 3.46. The van der Waals surface area contributed by atoms with Gasteiger partial charge in [0.05, 0.1) is 5.71 Å². The van der Waals surface area contributed by atoms with E-state index in [2.05, 4.69) is 10.5 Å². The predicted octanol–water partition coefficient (Wildman–Crippen LogP) is 2.67. The summed E-state index contributed by atoms with van der Waals surface area (Å²) in [5.41, 5.74) is 2.07. The van der Waals surface area contributed by atoms with Crippen LogP contribution in [0.2, 0.25) is 0 Å². The van der Waals surface area contributed by atoms with Crippen LogP contribution < -0.4 is 5.32 Å². The van der Waals surface area contributed by atoms with Gasteiger partial charge in [0.2, 0.25) is 12.0 Å². The second kappa shape index (κ2) is 9.07. The maximum absolute atomic E-state index is 13.5. The summed E-state index contributed by atoms with van der Waals surface area (Å²) in [6, 6.07) is 15.0. The van der Waals surface area contributed by atoms with Crippen molar-refractivity contribution in [2.24, 2.45) is 5.16 Å². The number of halogens is 1. The number of rotatable bonds is 6. The van der Waals surface area contributed by atoms with Crippen LogP contribution in [0.25, 0.3) is 0 Å². The first-order chi connectivity index (χ1) is 14.6. The maximum Gasteiger partial charge on any atom is 0.265 e. The van der Waals surface area contributed by atoms with E-state index in [9.17, 15) is 14.0 Å². The van der Waals surface area contributed by atoms with Crippen molar-refractivity contribution >= 4 is 17.5 Å². The van der Waals surface area contributed by atoms with Crippen molar-refractivity contribution in [2.75, 3.05) is 13.1 Å². The van der Waals surface area contributed by atoms with Crippen molar-refractivity contribution in [3.05, 3.63) is 71.5 Å². The first kappa shape index (κ1) is 20.1. The van der Waals surface area contributed by atoms with Gasteiger partial charge in [0.15, 0.2) is 0 Å². The molecule has 2 aliphatic rings. The van der Waals surface area contributed by atoms with Crippen molar-refractivity contribution < 1.29 is 18.8 Å². The fourth-order valence-electron chi connectivity index (χ4n) is 3.83. The van der Waals surface area contributed by atoms with Crippen LogP contribution in [0.15, 0.2) is 59.8 Å². The summed E-state index contributed by atoms with van der Waals surface area (Å²) >= 11 is 0. The van der Waals surface area contributed by atoms with Crippen LogP contribution in [-0.4, -0.2) is 47.7 Å². The number of amides is 2. The zero-order valence-electron chi connectivity index (χ0n) is 16.6. The monoisotopic (exact) mass is 409 g/mol. The molecule has 1 saturated heterocycles. The minimum absolute atomic E-state index is 0.0750. The molecule has 30 heavy (non-hydrogen) atoms. The number of nitrogens with one attached hydrogen (secondary N) is 1. The van der Waals surface area contributed by atoms with E-state index in [4.69, 9.17) is 4.84 Å². The molecule has 4 rings (SSSR count). The summed E-state index contributed by atoms with van der Waals surface area (Å²) < 4.78 is 13.5. The topological polar surface area (TPSA) is 71.0 Å². The molecule has 2 atom stereocenters. The van der Waals surface area contributed by atoms with Gasteiger partial charge in [-0.15, -0.1) is 0 Å². The normalized spacial score (nSPS) is 19.2. The Morgan fingerprint density at radius 1 is 1.13 bits per heavy atom. The summed E-state index contributed by atoms with van der Waals surface area (Å²) in [7, 11) is 0. The zero-order chi connectivity index (χ0) is 20.9. The summed E-state index contributed by atoms with van der Waals surface area (Å²) in [6.07, 6.45) is 1.76. The Morgan fingerprint density at radius 2 is 1.90 bits per heavy atom. The number of likely N-dealkylation sites (tertiary alicyclic amines) is 1. The minimum Gasteiger partial charge on any atom is -0.382 e. The van der Waals surface area contributed by atoms with E-state index in [1.807, 2.05) is 30.3 Å². The maximum atomic E-state index is 13.5. The molecule has 2 amide bonds. The van der Waals surface area contributed by atoms with Crippen molar-refractivity contribution in [3.8, 4) is 0 Å². The molecule has 0 radical (unpaired) electrons. The average molecular weight is 409 g/mol. The predicted molar refractivity (Wildman–Crippen MR) is 110 cm³/mol. The number of carbonyl (C=O) groups is 2. The van der Waals surface area contributed by atoms with Gasteiger partial charge in [0.25, 0.3) is 5.91 Å². The third kappa shape index (κ3) is 4.67. The van der Waals surface area contributed by atoms with Crippen LogP contribution in [0.5, 0.6) is 0 Å². The summed E-state index contributed by atoms with van der Waals surface area (Å²) in [6.45, 7) is 1.43. The second-order valence-corrected chi connectivity index (χ2v) is 7.63. The molecule has 0 saturated carbocycles. The molecule has 0 aromatic heterocycles. The molecule has 0 bridgehead atoms. The van der Waals surface area contributed by atoms with E-state index in [1.165, 1.54) is 12.1 Å². The second-order valence-electron chi connectivity index (χ2n) is 7.63. The summed E-state index contributed by atoms with van der Waals surface area (Å²) in [5, 5.41) is 6.82. The summed E-state index contributed by atoms with van der Waals surface area (Å²) in [4.78, 5) is 33.0. The van der Waals surface area contributed by atoms with Gasteiger partial charge >= 0.3 is 0 Å². The van der Waals surface area contributed by atoms with E-state index in [-0.39, 0.29) is 18.1 Å². The highest BCUT2D eigenvalue weighted by atomic mass is 19.1. The molecule has 6 nitrogen and oxygen atoms in total. The summed E-state index contributed by atoms with van der Waals surface area (Å²) in [5.74, 6) is -0.838. The Morgan fingerprint density at radius 3 is 2.63 bits per heavy atom. The number of nitrogens with zero attached hydrogens (tertiary/aromatic N) is 2. The fraction of sp³-hybridized carbons (Fsp3) is 0.348. The largest absolute Gasteiger partial charge is 0.382 e. The molecule has 0 spiro atoms. The fourth-order valence-corrected chi connectivity index (χ4v) is 3.83. The minimum atomic E-state index is -0.840. The molecule has 1 fully saturated rings. The third-order valence-electron chi connectivity index (χ3n) is 5.43. The Hall–Kier alpha value is -3.22. The molecule has 7 heteroatoms. The number of hydrogen-bond donors (Lipinski definition) is 1. The first-order valence-electron chi connectivity index (χ1n) is 10.2. The number of oxime groups is 1. The molecule has 156 valence electrons. The van der Waals surface area contributed by atoms with E-state index >= 15 is 0 Å². The molecule has 1 N–H and O–H groups in total. The van der Waals surface area contributed by atoms with Crippen LogP contribution in [0.1, 0.15) is 30.4 Å². The molecular formula is C23H24FN3O3. The van der Waals surface area contributed by atoms with Gasteiger partial charge in [-0.3, -0.25) is 9.59 Å². The molecule has 2 heterocycles. The highest BCUT2D eigenvalue weighted by molar-refractivity contribution is 6.04. The lowest BCUT2D eigenvalue weighted by Gasteiger charge is -2.25. The SMILES string of the molecule is O=C(NC(Cc1ccccc1)C(=O)N1CCCC1)C1CC(c2cccc(F)c2)=NO1. The lowest BCUT2D eigenvalue weighted by Crippen LogP contribution is -2.51. The third-order valence-corrected chi connectivity index (χ3v) is 5.43. The van der Waals surface area contributed by atoms with Gasteiger partial charge in [-0.05, 0) is 30.5 Å². The lowest BCUT2D eigenvalue weighted by atomic mass is 10.0. The lowest BCUT2D eigenvalue weighted by molar-refractivity contribution is -0.139. The van der Waals surface area contributed by atoms with Crippen LogP contribution in [-0.2, 0) is 20.8 Å².